The first-order valence-electron chi connectivity index (χ1n) is 6.65. The quantitative estimate of drug-likeness (QED) is 0.886. The van der Waals surface area contributed by atoms with E-state index in [0.29, 0.717) is 5.56 Å². The lowest BCUT2D eigenvalue weighted by Gasteiger charge is -2.11. The topological polar surface area (TPSA) is 47.6 Å². The lowest BCUT2D eigenvalue weighted by molar-refractivity contribution is -0.0512. The molecule has 7 heteroatoms. The molecule has 0 bridgehead atoms. The van der Waals surface area contributed by atoms with Crippen LogP contribution in [-0.4, -0.2) is 19.6 Å². The third-order valence-electron chi connectivity index (χ3n) is 2.98. The number of hydrogen-bond acceptors (Lipinski definition) is 3. The Labute approximate surface area is 130 Å². The zero-order chi connectivity index (χ0) is 16.8. The fraction of sp³-hybridized carbons (Fsp3) is 0.188. The summed E-state index contributed by atoms with van der Waals surface area (Å²) in [5.74, 6) is -0.990. The number of amides is 1. The van der Waals surface area contributed by atoms with E-state index in [1.54, 1.807) is 6.07 Å². The van der Waals surface area contributed by atoms with Crippen LogP contribution >= 0.6 is 0 Å². The van der Waals surface area contributed by atoms with Crippen LogP contribution in [0.4, 0.5) is 13.2 Å². The minimum absolute atomic E-state index is 0.0173. The molecular weight excluding hydrogens is 311 g/mol. The van der Waals surface area contributed by atoms with Crippen molar-refractivity contribution in [2.45, 2.75) is 13.2 Å². The van der Waals surface area contributed by atoms with Crippen molar-refractivity contribution >= 4 is 5.91 Å². The van der Waals surface area contributed by atoms with Crippen LogP contribution in [0.25, 0.3) is 0 Å². The van der Waals surface area contributed by atoms with Gasteiger partial charge in [-0.1, -0.05) is 12.1 Å². The Balaban J connectivity index is 2.07. The molecule has 0 aromatic heterocycles. The monoisotopic (exact) mass is 325 g/mol. The number of carbonyl (C=O) groups is 1. The van der Waals surface area contributed by atoms with Crippen LogP contribution in [0.1, 0.15) is 15.9 Å². The number of alkyl halides is 2. The van der Waals surface area contributed by atoms with E-state index >= 15 is 0 Å². The fourth-order valence-electron chi connectivity index (χ4n) is 1.93. The van der Waals surface area contributed by atoms with E-state index in [1.807, 2.05) is 0 Å². The van der Waals surface area contributed by atoms with Crippen molar-refractivity contribution in [3.63, 3.8) is 0 Å². The van der Waals surface area contributed by atoms with E-state index in [2.05, 4.69) is 10.1 Å². The lowest BCUT2D eigenvalue weighted by atomic mass is 10.1. The van der Waals surface area contributed by atoms with Gasteiger partial charge in [0.05, 0.1) is 7.11 Å². The highest BCUT2D eigenvalue weighted by Crippen LogP contribution is 2.29. The first-order valence-corrected chi connectivity index (χ1v) is 6.65. The Bertz CT molecular complexity index is 692. The molecule has 1 amide bonds. The van der Waals surface area contributed by atoms with Gasteiger partial charge in [0.1, 0.15) is 5.82 Å². The van der Waals surface area contributed by atoms with Crippen molar-refractivity contribution < 1.29 is 27.4 Å². The van der Waals surface area contributed by atoms with Gasteiger partial charge >= 0.3 is 6.61 Å². The van der Waals surface area contributed by atoms with E-state index in [9.17, 15) is 18.0 Å². The van der Waals surface area contributed by atoms with Crippen LogP contribution in [0.2, 0.25) is 0 Å². The largest absolute Gasteiger partial charge is 0.493 e. The summed E-state index contributed by atoms with van der Waals surface area (Å²) in [7, 11) is 1.28. The zero-order valence-electron chi connectivity index (χ0n) is 12.2. The highest BCUT2D eigenvalue weighted by atomic mass is 19.3. The Morgan fingerprint density at radius 3 is 2.61 bits per heavy atom. The second-order valence-electron chi connectivity index (χ2n) is 4.56. The molecule has 0 radical (unpaired) electrons. The van der Waals surface area contributed by atoms with Gasteiger partial charge in [-0.15, -0.1) is 0 Å². The minimum Gasteiger partial charge on any atom is -0.493 e. The summed E-state index contributed by atoms with van der Waals surface area (Å²) in [4.78, 5) is 12.1. The van der Waals surface area contributed by atoms with Gasteiger partial charge in [-0.05, 0) is 35.9 Å². The number of methoxy groups -OCH3 is 1. The Kier molecular flexibility index (Phi) is 5.46. The average molecular weight is 325 g/mol. The van der Waals surface area contributed by atoms with Crippen LogP contribution in [0.15, 0.2) is 42.5 Å². The van der Waals surface area contributed by atoms with Crippen molar-refractivity contribution in [2.24, 2.45) is 0 Å². The van der Waals surface area contributed by atoms with Gasteiger partial charge in [0, 0.05) is 12.1 Å². The van der Waals surface area contributed by atoms with Crippen molar-refractivity contribution in [1.29, 1.82) is 0 Å². The van der Waals surface area contributed by atoms with Crippen LogP contribution in [0.3, 0.4) is 0 Å². The summed E-state index contributed by atoms with van der Waals surface area (Å²) in [6.07, 6.45) is 0. The van der Waals surface area contributed by atoms with Crippen molar-refractivity contribution in [2.75, 3.05) is 7.11 Å². The van der Waals surface area contributed by atoms with Gasteiger partial charge in [-0.25, -0.2) is 4.39 Å². The molecule has 0 heterocycles. The molecule has 2 aromatic rings. The van der Waals surface area contributed by atoms with Crippen LogP contribution in [0.5, 0.6) is 11.5 Å². The number of benzene rings is 2. The maximum atomic E-state index is 13.1. The SMILES string of the molecule is COc1cc(C(=O)NCc2cccc(F)c2)ccc1OC(F)F. The molecule has 0 aliphatic heterocycles. The third kappa shape index (κ3) is 4.64. The second-order valence-corrected chi connectivity index (χ2v) is 4.56. The first-order chi connectivity index (χ1) is 11.0. The van der Waals surface area contributed by atoms with Crippen molar-refractivity contribution in [1.82, 2.24) is 5.32 Å². The molecule has 0 saturated carbocycles. The van der Waals surface area contributed by atoms with Crippen molar-refractivity contribution in [3.8, 4) is 11.5 Å². The van der Waals surface area contributed by atoms with E-state index in [1.165, 1.54) is 43.5 Å². The zero-order valence-corrected chi connectivity index (χ0v) is 12.2. The van der Waals surface area contributed by atoms with E-state index in [0.717, 1.165) is 0 Å². The van der Waals surface area contributed by atoms with E-state index in [-0.39, 0.29) is 23.6 Å². The summed E-state index contributed by atoms with van der Waals surface area (Å²) >= 11 is 0. The molecule has 122 valence electrons. The number of nitrogens with one attached hydrogen (secondary N) is 1. The molecule has 0 saturated heterocycles. The van der Waals surface area contributed by atoms with Crippen molar-refractivity contribution in [3.05, 3.63) is 59.4 Å². The molecule has 0 unspecified atom stereocenters. The highest BCUT2D eigenvalue weighted by molar-refractivity contribution is 5.94. The molecule has 0 atom stereocenters. The smallest absolute Gasteiger partial charge is 0.387 e. The summed E-state index contributed by atoms with van der Waals surface area (Å²) in [5, 5.41) is 2.60. The van der Waals surface area contributed by atoms with Gasteiger partial charge in [0.25, 0.3) is 5.91 Å². The molecule has 0 aliphatic rings. The van der Waals surface area contributed by atoms with Gasteiger partial charge in [-0.2, -0.15) is 8.78 Å². The molecule has 1 N–H and O–H groups in total. The van der Waals surface area contributed by atoms with Crippen LogP contribution in [0, 0.1) is 5.82 Å². The highest BCUT2D eigenvalue weighted by Gasteiger charge is 2.14. The summed E-state index contributed by atoms with van der Waals surface area (Å²) in [6.45, 7) is -2.86. The number of rotatable bonds is 6. The van der Waals surface area contributed by atoms with Gasteiger partial charge < -0.3 is 14.8 Å². The first kappa shape index (κ1) is 16.7. The molecular formula is C16H14F3NO3. The van der Waals surface area contributed by atoms with Gasteiger partial charge in [0.15, 0.2) is 11.5 Å². The molecule has 23 heavy (non-hydrogen) atoms. The van der Waals surface area contributed by atoms with Crippen LogP contribution in [-0.2, 0) is 6.54 Å². The fourth-order valence-corrected chi connectivity index (χ4v) is 1.93. The Hall–Kier alpha value is -2.70. The number of halogens is 3. The second kappa shape index (κ2) is 7.53. The minimum atomic E-state index is -2.99. The van der Waals surface area contributed by atoms with E-state index < -0.39 is 18.3 Å². The average Bonchev–Trinajstić information content (AvgIpc) is 2.52. The maximum Gasteiger partial charge on any atom is 0.387 e. The number of carbonyl (C=O) groups excluding carboxylic acids is 1. The van der Waals surface area contributed by atoms with Gasteiger partial charge in [-0.3, -0.25) is 4.79 Å². The van der Waals surface area contributed by atoms with E-state index in [4.69, 9.17) is 4.74 Å². The standard InChI is InChI=1S/C16H14F3NO3/c1-22-14-8-11(5-6-13(14)23-16(18)19)15(21)20-9-10-3-2-4-12(17)7-10/h2-8,16H,9H2,1H3,(H,20,21). The summed E-state index contributed by atoms with van der Waals surface area (Å²) < 4.78 is 46.8. The summed E-state index contributed by atoms with van der Waals surface area (Å²) in [6, 6.07) is 9.67. The summed E-state index contributed by atoms with van der Waals surface area (Å²) in [5.41, 5.74) is 0.808. The Morgan fingerprint density at radius 1 is 1.17 bits per heavy atom. The third-order valence-corrected chi connectivity index (χ3v) is 2.98. The number of ether oxygens (including phenoxy) is 2. The predicted octanol–water partition coefficient (Wildman–Crippen LogP) is 3.37. The normalized spacial score (nSPS) is 10.5. The molecule has 2 aromatic carbocycles. The Morgan fingerprint density at radius 2 is 1.96 bits per heavy atom. The van der Waals surface area contributed by atoms with Crippen LogP contribution < -0.4 is 14.8 Å². The maximum absolute atomic E-state index is 13.1. The number of hydrogen-bond donors (Lipinski definition) is 1. The lowest BCUT2D eigenvalue weighted by Crippen LogP contribution is -2.22. The van der Waals surface area contributed by atoms with Gasteiger partial charge in [0.2, 0.25) is 0 Å². The molecule has 0 fully saturated rings. The molecule has 0 aliphatic carbocycles. The predicted molar refractivity (Wildman–Crippen MR) is 77.2 cm³/mol. The molecule has 0 spiro atoms. The molecule has 4 nitrogen and oxygen atoms in total. The molecule has 2 rings (SSSR count).